The predicted octanol–water partition coefficient (Wildman–Crippen LogP) is 3.94. The van der Waals surface area contributed by atoms with E-state index in [2.05, 4.69) is 0 Å². The third kappa shape index (κ3) is 3.83. The minimum absolute atomic E-state index is 0.0729. The van der Waals surface area contributed by atoms with Gasteiger partial charge in [-0.3, -0.25) is 4.79 Å². The highest BCUT2D eigenvalue weighted by Crippen LogP contribution is 2.35. The van der Waals surface area contributed by atoms with Gasteiger partial charge in [0.2, 0.25) is 0 Å². The Hall–Kier alpha value is -0.490. The molecular formula is C13H14Cl3NO3S. The first kappa shape index (κ1) is 16.9. The SMILES string of the molecule is CCCN(C(=O)c1cc(Cl)cc(S(=O)(=O)Cl)c1Cl)C1CC1. The molecule has 116 valence electrons. The number of amides is 1. The lowest BCUT2D eigenvalue weighted by Crippen LogP contribution is -2.34. The number of halogens is 3. The Morgan fingerprint density at radius 3 is 2.43 bits per heavy atom. The van der Waals surface area contributed by atoms with Crippen LogP contribution in [0.4, 0.5) is 0 Å². The largest absolute Gasteiger partial charge is 0.336 e. The van der Waals surface area contributed by atoms with Crippen LogP contribution in [0, 0.1) is 0 Å². The molecule has 0 unspecified atom stereocenters. The maximum Gasteiger partial charge on any atom is 0.262 e. The molecule has 0 N–H and O–H groups in total. The van der Waals surface area contributed by atoms with Crippen LogP contribution in [-0.2, 0) is 9.05 Å². The summed E-state index contributed by atoms with van der Waals surface area (Å²) in [6.45, 7) is 2.56. The highest BCUT2D eigenvalue weighted by molar-refractivity contribution is 8.13. The van der Waals surface area contributed by atoms with E-state index in [1.165, 1.54) is 6.07 Å². The summed E-state index contributed by atoms with van der Waals surface area (Å²) in [5.41, 5.74) is 0.0729. The second-order valence-corrected chi connectivity index (χ2v) is 8.28. The Kier molecular flexibility index (Phi) is 5.08. The fraction of sp³-hybridized carbons (Fsp3) is 0.462. The number of nitrogens with zero attached hydrogens (tertiary/aromatic N) is 1. The van der Waals surface area contributed by atoms with Crippen LogP contribution in [0.1, 0.15) is 36.5 Å². The van der Waals surface area contributed by atoms with Gasteiger partial charge in [-0.15, -0.1) is 0 Å². The zero-order valence-corrected chi connectivity index (χ0v) is 14.4. The molecule has 0 radical (unpaired) electrons. The molecule has 8 heteroatoms. The van der Waals surface area contributed by atoms with Crippen molar-refractivity contribution in [3.63, 3.8) is 0 Å². The van der Waals surface area contributed by atoms with Crippen molar-refractivity contribution < 1.29 is 13.2 Å². The average Bonchev–Trinajstić information content (AvgIpc) is 3.20. The lowest BCUT2D eigenvalue weighted by molar-refractivity contribution is 0.0743. The Balaban J connectivity index is 2.48. The van der Waals surface area contributed by atoms with Crippen LogP contribution in [0.25, 0.3) is 0 Å². The highest BCUT2D eigenvalue weighted by Gasteiger charge is 2.34. The van der Waals surface area contributed by atoms with Gasteiger partial charge in [0.05, 0.1) is 10.6 Å². The van der Waals surface area contributed by atoms with Gasteiger partial charge in [0.15, 0.2) is 0 Å². The Labute approximate surface area is 138 Å². The Morgan fingerprint density at radius 2 is 1.95 bits per heavy atom. The predicted molar refractivity (Wildman–Crippen MR) is 83.9 cm³/mol. The van der Waals surface area contributed by atoms with Gasteiger partial charge in [-0.2, -0.15) is 0 Å². The van der Waals surface area contributed by atoms with Crippen LogP contribution < -0.4 is 0 Å². The number of carbonyl (C=O) groups excluding carboxylic acids is 1. The van der Waals surface area contributed by atoms with Crippen LogP contribution in [0.2, 0.25) is 10.0 Å². The van der Waals surface area contributed by atoms with Gasteiger partial charge in [-0.25, -0.2) is 8.42 Å². The zero-order chi connectivity index (χ0) is 15.8. The smallest absolute Gasteiger partial charge is 0.262 e. The van der Waals surface area contributed by atoms with Gasteiger partial charge < -0.3 is 4.90 Å². The lowest BCUT2D eigenvalue weighted by atomic mass is 10.2. The molecule has 1 aliphatic rings. The van der Waals surface area contributed by atoms with Crippen molar-refractivity contribution in [2.75, 3.05) is 6.54 Å². The molecule has 0 bridgehead atoms. The van der Waals surface area contributed by atoms with Gasteiger partial charge in [0.25, 0.3) is 15.0 Å². The summed E-state index contributed by atoms with van der Waals surface area (Å²) < 4.78 is 23.0. The number of rotatable bonds is 5. The molecule has 2 rings (SSSR count). The summed E-state index contributed by atoms with van der Waals surface area (Å²) in [4.78, 5) is 14.0. The van der Waals surface area contributed by atoms with Gasteiger partial charge in [0.1, 0.15) is 4.90 Å². The molecule has 1 fully saturated rings. The van der Waals surface area contributed by atoms with Crippen LogP contribution in [0.3, 0.4) is 0 Å². The van der Waals surface area contributed by atoms with Crippen molar-refractivity contribution in [1.29, 1.82) is 0 Å². The third-order valence-corrected chi connectivity index (χ3v) is 5.29. The maximum absolute atomic E-state index is 12.6. The standard InChI is InChI=1S/C13H14Cl3NO3S/c1-2-5-17(9-3-4-9)13(18)10-6-8(14)7-11(12(10)15)21(16,19)20/h6-7,9H,2-5H2,1H3. The van der Waals surface area contributed by atoms with E-state index in [1.54, 1.807) is 4.90 Å². The molecule has 1 saturated carbocycles. The van der Waals surface area contributed by atoms with E-state index < -0.39 is 9.05 Å². The molecule has 4 nitrogen and oxygen atoms in total. The zero-order valence-electron chi connectivity index (χ0n) is 11.3. The third-order valence-electron chi connectivity index (χ3n) is 3.21. The summed E-state index contributed by atoms with van der Waals surface area (Å²) in [6.07, 6.45) is 2.70. The van der Waals surface area contributed by atoms with Crippen LogP contribution >= 0.6 is 33.9 Å². The minimum Gasteiger partial charge on any atom is -0.336 e. The number of hydrogen-bond donors (Lipinski definition) is 0. The van der Waals surface area contributed by atoms with E-state index in [9.17, 15) is 13.2 Å². The summed E-state index contributed by atoms with van der Waals surface area (Å²) in [5.74, 6) is -0.312. The molecule has 0 aliphatic heterocycles. The molecule has 0 saturated heterocycles. The fourth-order valence-corrected chi connectivity index (χ4v) is 3.98. The van der Waals surface area contributed by atoms with Crippen molar-refractivity contribution >= 4 is 48.8 Å². The van der Waals surface area contributed by atoms with Crippen molar-refractivity contribution in [2.24, 2.45) is 0 Å². The van der Waals surface area contributed by atoms with Gasteiger partial charge in [-0.1, -0.05) is 30.1 Å². The fourth-order valence-electron chi connectivity index (χ4n) is 2.13. The molecule has 0 spiro atoms. The van der Waals surface area contributed by atoms with E-state index >= 15 is 0 Å². The van der Waals surface area contributed by atoms with Gasteiger partial charge >= 0.3 is 0 Å². The molecule has 0 heterocycles. The maximum atomic E-state index is 12.6. The molecule has 1 aromatic rings. The topological polar surface area (TPSA) is 54.5 Å². The second-order valence-electron chi connectivity index (χ2n) is 4.93. The van der Waals surface area contributed by atoms with Crippen LogP contribution in [0.5, 0.6) is 0 Å². The van der Waals surface area contributed by atoms with E-state index in [4.69, 9.17) is 33.9 Å². The first-order valence-corrected chi connectivity index (χ1v) is 9.57. The van der Waals surface area contributed by atoms with E-state index in [-0.39, 0.29) is 32.5 Å². The average molecular weight is 371 g/mol. The van der Waals surface area contributed by atoms with Gasteiger partial charge in [0, 0.05) is 28.3 Å². The molecule has 0 atom stereocenters. The van der Waals surface area contributed by atoms with Gasteiger partial charge in [-0.05, 0) is 31.4 Å². The summed E-state index contributed by atoms with van der Waals surface area (Å²) in [6, 6.07) is 2.72. The van der Waals surface area contributed by atoms with E-state index in [1.807, 2.05) is 6.92 Å². The summed E-state index contributed by atoms with van der Waals surface area (Å²) in [7, 11) is 1.26. The van der Waals surface area contributed by atoms with Crippen molar-refractivity contribution in [3.05, 3.63) is 27.7 Å². The number of benzene rings is 1. The van der Waals surface area contributed by atoms with Crippen LogP contribution in [0.15, 0.2) is 17.0 Å². The minimum atomic E-state index is -4.07. The molecule has 1 amide bonds. The Morgan fingerprint density at radius 1 is 1.33 bits per heavy atom. The summed E-state index contributed by atoms with van der Waals surface area (Å²) >= 11 is 12.0. The van der Waals surface area contributed by atoms with Crippen LogP contribution in [-0.4, -0.2) is 31.8 Å². The second kappa shape index (κ2) is 6.32. The monoisotopic (exact) mass is 369 g/mol. The molecule has 21 heavy (non-hydrogen) atoms. The van der Waals surface area contributed by atoms with E-state index in [0.29, 0.717) is 6.54 Å². The lowest BCUT2D eigenvalue weighted by Gasteiger charge is -2.22. The first-order valence-electron chi connectivity index (χ1n) is 6.50. The molecule has 0 aromatic heterocycles. The summed E-state index contributed by atoms with van der Waals surface area (Å²) in [5, 5.41) is -0.0737. The molecule has 1 aliphatic carbocycles. The molecular weight excluding hydrogens is 357 g/mol. The molecule has 1 aromatic carbocycles. The highest BCUT2D eigenvalue weighted by atomic mass is 35.7. The van der Waals surface area contributed by atoms with Crippen molar-refractivity contribution in [1.82, 2.24) is 4.90 Å². The first-order chi connectivity index (χ1) is 9.75. The van der Waals surface area contributed by atoms with E-state index in [0.717, 1.165) is 25.3 Å². The normalized spacial score (nSPS) is 15.0. The Bertz CT molecular complexity index is 671. The number of hydrogen-bond acceptors (Lipinski definition) is 3. The van der Waals surface area contributed by atoms with Crippen molar-refractivity contribution in [2.45, 2.75) is 37.1 Å². The van der Waals surface area contributed by atoms with Crippen molar-refractivity contribution in [3.8, 4) is 0 Å². The quantitative estimate of drug-likeness (QED) is 0.738. The number of carbonyl (C=O) groups is 1.